The molecule has 0 bridgehead atoms. The topological polar surface area (TPSA) is 115 Å². The van der Waals surface area contributed by atoms with Crippen LogP contribution in [0.1, 0.15) is 18.1 Å². The van der Waals surface area contributed by atoms with Gasteiger partial charge in [0, 0.05) is 6.20 Å². The first kappa shape index (κ1) is 15.2. The molecule has 1 heterocycles. The molecule has 0 aliphatic carbocycles. The fraction of sp³-hybridized carbons (Fsp3) is 0.231. The molecule has 0 spiro atoms. The molecule has 0 aliphatic rings. The second-order valence-electron chi connectivity index (χ2n) is 4.60. The molecule has 0 amide bonds. The Morgan fingerprint density at radius 1 is 1.14 bits per heavy atom. The van der Waals surface area contributed by atoms with Crippen LogP contribution in [-0.4, -0.2) is 18.0 Å². The predicted molar refractivity (Wildman–Crippen MR) is 77.6 cm³/mol. The van der Waals surface area contributed by atoms with E-state index in [-0.39, 0.29) is 6.54 Å². The van der Waals surface area contributed by atoms with Crippen molar-refractivity contribution in [2.45, 2.75) is 24.8 Å². The second kappa shape index (κ2) is 5.66. The lowest BCUT2D eigenvalue weighted by atomic mass is 10.1. The van der Waals surface area contributed by atoms with Crippen LogP contribution in [0.15, 0.2) is 44.9 Å². The molecule has 1 aromatic heterocycles. The van der Waals surface area contributed by atoms with Crippen LogP contribution in [-0.2, 0) is 23.0 Å². The van der Waals surface area contributed by atoms with Crippen molar-refractivity contribution < 1.29 is 8.42 Å². The van der Waals surface area contributed by atoms with Gasteiger partial charge in [-0.25, -0.2) is 18.4 Å². The first-order chi connectivity index (χ1) is 9.81. The van der Waals surface area contributed by atoms with E-state index in [0.29, 0.717) is 0 Å². The van der Waals surface area contributed by atoms with E-state index in [1.54, 1.807) is 0 Å². The van der Waals surface area contributed by atoms with E-state index in [1.165, 1.54) is 0 Å². The number of nitrogens with one attached hydrogen (secondary N) is 1. The molecule has 8 heteroatoms. The maximum atomic E-state index is 11.7. The maximum absolute atomic E-state index is 11.7. The average Bonchev–Trinajstić information content (AvgIpc) is 2.41. The summed E-state index contributed by atoms with van der Waals surface area (Å²) in [5.41, 5.74) is 0.256. The van der Waals surface area contributed by atoms with Crippen LogP contribution in [0.2, 0.25) is 0 Å². The Hall–Kier alpha value is -2.19. The fourth-order valence-electron chi connectivity index (χ4n) is 1.89. The van der Waals surface area contributed by atoms with Gasteiger partial charge in [-0.05, 0) is 17.5 Å². The molecule has 1 aromatic carbocycles. The number of rotatable bonds is 4. The molecule has 0 atom stereocenters. The highest BCUT2D eigenvalue weighted by Crippen LogP contribution is 2.06. The van der Waals surface area contributed by atoms with Crippen molar-refractivity contribution >= 4 is 10.0 Å². The summed E-state index contributed by atoms with van der Waals surface area (Å²) in [6.45, 7) is 2.17. The van der Waals surface area contributed by atoms with Gasteiger partial charge in [0.25, 0.3) is 5.56 Å². The lowest BCUT2D eigenvalue weighted by Crippen LogP contribution is -2.34. The molecule has 0 saturated heterocycles. The molecule has 21 heavy (non-hydrogen) atoms. The van der Waals surface area contributed by atoms with Gasteiger partial charge >= 0.3 is 5.69 Å². The molecular weight excluding hydrogens is 294 g/mol. The number of aromatic nitrogens is 2. The normalized spacial score (nSPS) is 11.5. The highest BCUT2D eigenvalue weighted by Gasteiger charge is 2.15. The maximum Gasteiger partial charge on any atom is 0.328 e. The molecule has 2 rings (SSSR count). The number of aryl methyl sites for hydroxylation is 1. The van der Waals surface area contributed by atoms with Crippen LogP contribution >= 0.6 is 0 Å². The van der Waals surface area contributed by atoms with Crippen molar-refractivity contribution in [1.82, 2.24) is 9.55 Å². The third-order valence-electron chi connectivity index (χ3n) is 3.07. The quantitative estimate of drug-likeness (QED) is 0.813. The minimum Gasteiger partial charge on any atom is -0.295 e. The summed E-state index contributed by atoms with van der Waals surface area (Å²) in [7, 11) is -4.18. The van der Waals surface area contributed by atoms with Gasteiger partial charge in [-0.15, -0.1) is 0 Å². The molecule has 0 saturated carbocycles. The Morgan fingerprint density at radius 3 is 2.24 bits per heavy atom. The lowest BCUT2D eigenvalue weighted by Gasteiger charge is -2.07. The van der Waals surface area contributed by atoms with E-state index in [0.717, 1.165) is 28.3 Å². The summed E-state index contributed by atoms with van der Waals surface area (Å²) in [5.74, 6) is 0. The summed E-state index contributed by atoms with van der Waals surface area (Å²) in [5, 5.41) is 4.94. The summed E-state index contributed by atoms with van der Waals surface area (Å²) < 4.78 is 23.7. The molecule has 0 radical (unpaired) electrons. The van der Waals surface area contributed by atoms with Gasteiger partial charge in [0.2, 0.25) is 10.0 Å². The van der Waals surface area contributed by atoms with Crippen molar-refractivity contribution in [3.05, 3.63) is 62.4 Å². The Morgan fingerprint density at radius 2 is 1.71 bits per heavy atom. The molecule has 112 valence electrons. The van der Waals surface area contributed by atoms with E-state index < -0.39 is 26.2 Å². The minimum atomic E-state index is -4.18. The third-order valence-corrected chi connectivity index (χ3v) is 3.97. The zero-order valence-electron chi connectivity index (χ0n) is 11.4. The number of sulfonamides is 1. The monoisotopic (exact) mass is 309 g/mol. The number of primary sulfonamides is 1. The number of nitrogens with two attached hydrogens (primary N) is 1. The van der Waals surface area contributed by atoms with E-state index in [1.807, 2.05) is 36.2 Å². The van der Waals surface area contributed by atoms with Crippen LogP contribution in [0.4, 0.5) is 0 Å². The Bertz CT molecular complexity index is 864. The van der Waals surface area contributed by atoms with Crippen LogP contribution in [0.3, 0.4) is 0 Å². The number of benzene rings is 1. The highest BCUT2D eigenvalue weighted by molar-refractivity contribution is 7.89. The van der Waals surface area contributed by atoms with Crippen LogP contribution in [0, 0.1) is 0 Å². The smallest absolute Gasteiger partial charge is 0.295 e. The number of hydrogen-bond acceptors (Lipinski definition) is 4. The third kappa shape index (κ3) is 3.47. The molecule has 0 fully saturated rings. The van der Waals surface area contributed by atoms with Crippen molar-refractivity contribution in [2.24, 2.45) is 5.14 Å². The first-order valence-electron chi connectivity index (χ1n) is 6.25. The van der Waals surface area contributed by atoms with E-state index >= 15 is 0 Å². The molecule has 2 aromatic rings. The van der Waals surface area contributed by atoms with Gasteiger partial charge in [0.05, 0.1) is 6.54 Å². The van der Waals surface area contributed by atoms with Gasteiger partial charge in [0.15, 0.2) is 4.90 Å². The zero-order valence-corrected chi connectivity index (χ0v) is 12.2. The van der Waals surface area contributed by atoms with Crippen LogP contribution in [0.5, 0.6) is 0 Å². The van der Waals surface area contributed by atoms with Gasteiger partial charge in [-0.2, -0.15) is 0 Å². The zero-order chi connectivity index (χ0) is 15.6. The predicted octanol–water partition coefficient (Wildman–Crippen LogP) is -0.205. The molecule has 0 aliphatic heterocycles. The number of aromatic amines is 1. The van der Waals surface area contributed by atoms with E-state index in [2.05, 4.69) is 0 Å². The van der Waals surface area contributed by atoms with Gasteiger partial charge < -0.3 is 0 Å². The van der Waals surface area contributed by atoms with Crippen molar-refractivity contribution in [2.75, 3.05) is 0 Å². The highest BCUT2D eigenvalue weighted by atomic mass is 32.2. The van der Waals surface area contributed by atoms with Crippen molar-refractivity contribution in [3.8, 4) is 0 Å². The SMILES string of the molecule is CCc1ccc(Cn2cc(S(N)(=O)=O)c(=O)[nH]c2=O)cc1. The largest absolute Gasteiger partial charge is 0.328 e. The summed E-state index contributed by atoms with van der Waals surface area (Å²) >= 11 is 0. The van der Waals surface area contributed by atoms with E-state index in [9.17, 15) is 18.0 Å². The first-order valence-corrected chi connectivity index (χ1v) is 7.80. The second-order valence-corrected chi connectivity index (χ2v) is 6.13. The molecule has 7 nitrogen and oxygen atoms in total. The molecular formula is C13H15N3O4S. The number of nitrogens with zero attached hydrogens (tertiary/aromatic N) is 1. The Balaban J connectivity index is 2.44. The molecule has 0 unspecified atom stereocenters. The van der Waals surface area contributed by atoms with Crippen LogP contribution in [0.25, 0.3) is 0 Å². The van der Waals surface area contributed by atoms with Gasteiger partial charge in [0.1, 0.15) is 0 Å². The fourth-order valence-corrected chi connectivity index (χ4v) is 2.47. The van der Waals surface area contributed by atoms with Gasteiger partial charge in [-0.3, -0.25) is 14.3 Å². The van der Waals surface area contributed by atoms with Crippen LogP contribution < -0.4 is 16.4 Å². The number of hydrogen-bond donors (Lipinski definition) is 2. The number of H-pyrrole nitrogens is 1. The standard InChI is InChI=1S/C13H15N3O4S/c1-2-9-3-5-10(6-4-9)7-16-8-11(21(14,19)20)12(17)15-13(16)18/h3-6,8H,2,7H2,1H3,(H2,14,19,20)(H,15,17,18). The Kier molecular flexibility index (Phi) is 4.10. The Labute approximate surface area is 121 Å². The summed E-state index contributed by atoms with van der Waals surface area (Å²) in [4.78, 5) is 24.5. The summed E-state index contributed by atoms with van der Waals surface area (Å²) in [6.07, 6.45) is 1.86. The van der Waals surface area contributed by atoms with E-state index in [4.69, 9.17) is 5.14 Å². The van der Waals surface area contributed by atoms with Gasteiger partial charge in [-0.1, -0.05) is 31.2 Å². The average molecular weight is 309 g/mol. The summed E-state index contributed by atoms with van der Waals surface area (Å²) in [6, 6.07) is 7.53. The lowest BCUT2D eigenvalue weighted by molar-refractivity contribution is 0.591. The minimum absolute atomic E-state index is 0.141. The van der Waals surface area contributed by atoms with Crippen molar-refractivity contribution in [3.63, 3.8) is 0 Å². The molecule has 3 N–H and O–H groups in total. The van der Waals surface area contributed by atoms with Crippen molar-refractivity contribution in [1.29, 1.82) is 0 Å².